The molecule has 1 N–H and O–H groups in total. The van der Waals surface area contributed by atoms with Crippen LogP contribution in [0.4, 0.5) is 0 Å². The number of aliphatic hydroxyl groups is 1. The number of aryl methyl sites for hydroxylation is 2. The van der Waals surface area contributed by atoms with Crippen LogP contribution in [-0.2, 0) is 6.54 Å². The molecule has 2 aromatic rings. The monoisotopic (exact) mass is 222 g/mol. The summed E-state index contributed by atoms with van der Waals surface area (Å²) in [6.07, 6.45) is -0.550. The van der Waals surface area contributed by atoms with Crippen LogP contribution in [0.3, 0.4) is 0 Å². The summed E-state index contributed by atoms with van der Waals surface area (Å²) in [7, 11) is 0. The second-order valence-corrected chi connectivity index (χ2v) is 4.42. The summed E-state index contributed by atoms with van der Waals surface area (Å²) >= 11 is 1.56. The Labute approximate surface area is 93.0 Å². The number of aliphatic hydroxyl groups excluding tert-OH is 1. The second-order valence-electron chi connectivity index (χ2n) is 3.44. The fourth-order valence-electron chi connectivity index (χ4n) is 1.63. The van der Waals surface area contributed by atoms with Crippen LogP contribution in [0.5, 0.6) is 0 Å². The summed E-state index contributed by atoms with van der Waals surface area (Å²) in [5, 5.41) is 16.4. The Morgan fingerprint density at radius 2 is 2.40 bits per heavy atom. The first-order valence-corrected chi connectivity index (χ1v) is 5.86. The second kappa shape index (κ2) is 4.16. The van der Waals surface area contributed by atoms with Gasteiger partial charge >= 0.3 is 0 Å². The van der Waals surface area contributed by atoms with Crippen molar-refractivity contribution in [3.63, 3.8) is 0 Å². The summed E-state index contributed by atoms with van der Waals surface area (Å²) in [5.74, 6) is 0. The zero-order valence-electron chi connectivity index (χ0n) is 8.84. The minimum absolute atomic E-state index is 0.550. The Bertz CT molecular complexity index is 433. The molecular formula is C11H14N2OS. The lowest BCUT2D eigenvalue weighted by atomic mass is 10.2. The number of aromatic nitrogens is 2. The average Bonchev–Trinajstić information content (AvgIpc) is 2.84. The van der Waals surface area contributed by atoms with Crippen LogP contribution in [0.2, 0.25) is 0 Å². The Morgan fingerprint density at radius 3 is 3.00 bits per heavy atom. The fourth-order valence-corrected chi connectivity index (χ4v) is 2.35. The molecule has 0 aliphatic heterocycles. The fraction of sp³-hybridized carbons (Fsp3) is 0.364. The normalized spacial score (nSPS) is 13.0. The Morgan fingerprint density at radius 1 is 1.60 bits per heavy atom. The van der Waals surface area contributed by atoms with Gasteiger partial charge in [-0.15, -0.1) is 11.3 Å². The SMILES string of the molecule is CCn1nc(C)cc1C(O)c1cccs1. The molecule has 0 saturated carbocycles. The van der Waals surface area contributed by atoms with Crippen molar-refractivity contribution in [3.05, 3.63) is 39.8 Å². The van der Waals surface area contributed by atoms with Crippen molar-refractivity contribution in [2.45, 2.75) is 26.5 Å². The molecule has 4 heteroatoms. The maximum atomic E-state index is 10.2. The van der Waals surface area contributed by atoms with E-state index in [1.165, 1.54) is 0 Å². The summed E-state index contributed by atoms with van der Waals surface area (Å²) < 4.78 is 1.85. The van der Waals surface area contributed by atoms with Crippen LogP contribution in [0.1, 0.15) is 29.3 Å². The molecule has 80 valence electrons. The largest absolute Gasteiger partial charge is 0.381 e. The van der Waals surface area contributed by atoms with Crippen molar-refractivity contribution < 1.29 is 5.11 Å². The van der Waals surface area contributed by atoms with Gasteiger partial charge in [0.15, 0.2) is 0 Å². The molecule has 0 aromatic carbocycles. The molecule has 1 atom stereocenters. The van der Waals surface area contributed by atoms with E-state index in [9.17, 15) is 5.11 Å². The Balaban J connectivity index is 2.36. The first-order valence-electron chi connectivity index (χ1n) is 4.98. The lowest BCUT2D eigenvalue weighted by Gasteiger charge is -2.10. The van der Waals surface area contributed by atoms with Crippen LogP contribution in [0.15, 0.2) is 23.6 Å². The zero-order valence-corrected chi connectivity index (χ0v) is 9.66. The molecule has 0 bridgehead atoms. The third-order valence-corrected chi connectivity index (χ3v) is 3.25. The highest BCUT2D eigenvalue weighted by molar-refractivity contribution is 7.10. The molecule has 0 aliphatic rings. The number of thiophene rings is 1. The maximum absolute atomic E-state index is 10.2. The van der Waals surface area contributed by atoms with Gasteiger partial charge in [-0.05, 0) is 31.4 Å². The summed E-state index contributed by atoms with van der Waals surface area (Å²) in [6.45, 7) is 4.75. The van der Waals surface area contributed by atoms with E-state index in [0.29, 0.717) is 0 Å². The van der Waals surface area contributed by atoms with Gasteiger partial charge in [-0.2, -0.15) is 5.10 Å². The Kier molecular flexibility index (Phi) is 2.88. The van der Waals surface area contributed by atoms with Crippen molar-refractivity contribution in [3.8, 4) is 0 Å². The van der Waals surface area contributed by atoms with E-state index in [-0.39, 0.29) is 0 Å². The molecule has 0 fully saturated rings. The highest BCUT2D eigenvalue weighted by Gasteiger charge is 2.16. The first kappa shape index (κ1) is 10.4. The van der Waals surface area contributed by atoms with Crippen LogP contribution >= 0.6 is 11.3 Å². The lowest BCUT2D eigenvalue weighted by Crippen LogP contribution is -2.07. The molecular weight excluding hydrogens is 208 g/mol. The molecule has 3 nitrogen and oxygen atoms in total. The number of hydrogen-bond donors (Lipinski definition) is 1. The topological polar surface area (TPSA) is 38.0 Å². The minimum Gasteiger partial charge on any atom is -0.381 e. The molecule has 2 aromatic heterocycles. The number of rotatable bonds is 3. The predicted octanol–water partition coefficient (Wildman–Crippen LogP) is 2.35. The molecule has 0 aliphatic carbocycles. The summed E-state index contributed by atoms with van der Waals surface area (Å²) in [4.78, 5) is 0.963. The van der Waals surface area contributed by atoms with E-state index in [0.717, 1.165) is 22.8 Å². The minimum atomic E-state index is -0.550. The molecule has 0 amide bonds. The summed E-state index contributed by atoms with van der Waals surface area (Å²) in [6, 6.07) is 5.83. The van der Waals surface area contributed by atoms with Crippen LogP contribution in [0, 0.1) is 6.92 Å². The van der Waals surface area contributed by atoms with E-state index in [1.807, 2.05) is 42.1 Å². The van der Waals surface area contributed by atoms with Gasteiger partial charge in [0.1, 0.15) is 6.10 Å². The van der Waals surface area contributed by atoms with E-state index >= 15 is 0 Å². The quantitative estimate of drug-likeness (QED) is 0.865. The van der Waals surface area contributed by atoms with Gasteiger partial charge in [-0.3, -0.25) is 4.68 Å². The molecule has 2 rings (SSSR count). The smallest absolute Gasteiger partial charge is 0.130 e. The first-order chi connectivity index (χ1) is 7.22. The summed E-state index contributed by atoms with van der Waals surface area (Å²) in [5.41, 5.74) is 1.82. The predicted molar refractivity (Wildman–Crippen MR) is 61.0 cm³/mol. The zero-order chi connectivity index (χ0) is 10.8. The molecule has 0 radical (unpaired) electrons. The van der Waals surface area contributed by atoms with Gasteiger partial charge in [0.25, 0.3) is 0 Å². The van der Waals surface area contributed by atoms with Gasteiger partial charge in [0.05, 0.1) is 11.4 Å². The van der Waals surface area contributed by atoms with Crippen molar-refractivity contribution >= 4 is 11.3 Å². The van der Waals surface area contributed by atoms with E-state index in [2.05, 4.69) is 5.10 Å². The van der Waals surface area contributed by atoms with Crippen molar-refractivity contribution in [2.75, 3.05) is 0 Å². The van der Waals surface area contributed by atoms with Gasteiger partial charge in [-0.25, -0.2) is 0 Å². The molecule has 0 spiro atoms. The molecule has 0 saturated heterocycles. The van der Waals surface area contributed by atoms with Crippen LogP contribution in [-0.4, -0.2) is 14.9 Å². The van der Waals surface area contributed by atoms with Crippen molar-refractivity contribution in [1.29, 1.82) is 0 Å². The lowest BCUT2D eigenvalue weighted by molar-refractivity contribution is 0.212. The molecule has 1 unspecified atom stereocenters. The van der Waals surface area contributed by atoms with Gasteiger partial charge < -0.3 is 5.11 Å². The molecule has 15 heavy (non-hydrogen) atoms. The van der Waals surface area contributed by atoms with Crippen LogP contribution < -0.4 is 0 Å². The third-order valence-electron chi connectivity index (χ3n) is 2.33. The third kappa shape index (κ3) is 1.96. The van der Waals surface area contributed by atoms with E-state index in [4.69, 9.17) is 0 Å². The van der Waals surface area contributed by atoms with Crippen molar-refractivity contribution in [2.24, 2.45) is 0 Å². The highest BCUT2D eigenvalue weighted by Crippen LogP contribution is 2.26. The Hall–Kier alpha value is -1.13. The van der Waals surface area contributed by atoms with Crippen molar-refractivity contribution in [1.82, 2.24) is 9.78 Å². The maximum Gasteiger partial charge on any atom is 0.130 e. The number of nitrogens with zero attached hydrogens (tertiary/aromatic N) is 2. The standard InChI is InChI=1S/C11H14N2OS/c1-3-13-9(7-8(2)12-13)11(14)10-5-4-6-15-10/h4-7,11,14H,3H2,1-2H3. The average molecular weight is 222 g/mol. The van der Waals surface area contributed by atoms with E-state index in [1.54, 1.807) is 11.3 Å². The van der Waals surface area contributed by atoms with Gasteiger partial charge in [-0.1, -0.05) is 6.07 Å². The molecule has 2 heterocycles. The number of hydrogen-bond acceptors (Lipinski definition) is 3. The van der Waals surface area contributed by atoms with Gasteiger partial charge in [0.2, 0.25) is 0 Å². The van der Waals surface area contributed by atoms with Crippen LogP contribution in [0.25, 0.3) is 0 Å². The van der Waals surface area contributed by atoms with E-state index < -0.39 is 6.10 Å². The van der Waals surface area contributed by atoms with Gasteiger partial charge in [0, 0.05) is 11.4 Å². The highest BCUT2D eigenvalue weighted by atomic mass is 32.1.